The standard InChI is InChI=1S/C13H18N4O/c1-10(9-17-7-5-14-6-8-17)13-16-12-11(18-13)3-2-4-15-12/h2-4,10,14H,5-9H2,1H3. The maximum Gasteiger partial charge on any atom is 0.201 e. The van der Waals surface area contributed by atoms with Crippen LogP contribution >= 0.6 is 0 Å². The Morgan fingerprint density at radius 3 is 3.06 bits per heavy atom. The van der Waals surface area contributed by atoms with Gasteiger partial charge in [-0.05, 0) is 12.1 Å². The molecule has 0 radical (unpaired) electrons. The molecule has 1 aliphatic heterocycles. The number of fused-ring (bicyclic) bond motifs is 1. The molecule has 0 aromatic carbocycles. The second-order valence-corrected chi connectivity index (χ2v) is 4.83. The predicted octanol–water partition coefficient (Wildman–Crippen LogP) is 1.23. The van der Waals surface area contributed by atoms with Gasteiger partial charge in [-0.25, -0.2) is 4.98 Å². The summed E-state index contributed by atoms with van der Waals surface area (Å²) in [6.45, 7) is 7.50. The minimum atomic E-state index is 0.303. The van der Waals surface area contributed by atoms with Gasteiger partial charge in [-0.15, -0.1) is 0 Å². The summed E-state index contributed by atoms with van der Waals surface area (Å²) in [5.74, 6) is 1.10. The molecule has 1 fully saturated rings. The summed E-state index contributed by atoms with van der Waals surface area (Å²) < 4.78 is 5.76. The highest BCUT2D eigenvalue weighted by molar-refractivity contribution is 5.66. The highest BCUT2D eigenvalue weighted by atomic mass is 16.3. The quantitative estimate of drug-likeness (QED) is 0.883. The van der Waals surface area contributed by atoms with Crippen molar-refractivity contribution in [1.82, 2.24) is 20.2 Å². The molecule has 1 aliphatic rings. The van der Waals surface area contributed by atoms with Gasteiger partial charge in [0.2, 0.25) is 5.89 Å². The molecular weight excluding hydrogens is 228 g/mol. The van der Waals surface area contributed by atoms with E-state index in [9.17, 15) is 0 Å². The van der Waals surface area contributed by atoms with Crippen molar-refractivity contribution in [3.05, 3.63) is 24.2 Å². The Balaban J connectivity index is 1.72. The topological polar surface area (TPSA) is 54.2 Å². The summed E-state index contributed by atoms with van der Waals surface area (Å²) in [5.41, 5.74) is 1.49. The zero-order valence-electron chi connectivity index (χ0n) is 10.6. The summed E-state index contributed by atoms with van der Waals surface area (Å²) in [6.07, 6.45) is 1.75. The van der Waals surface area contributed by atoms with Gasteiger partial charge in [-0.2, -0.15) is 4.98 Å². The average Bonchev–Trinajstić information content (AvgIpc) is 2.84. The Hall–Kier alpha value is -1.46. The number of pyridine rings is 1. The lowest BCUT2D eigenvalue weighted by Crippen LogP contribution is -2.44. The van der Waals surface area contributed by atoms with Crippen LogP contribution in [0.2, 0.25) is 0 Å². The van der Waals surface area contributed by atoms with Crippen LogP contribution in [0.25, 0.3) is 11.2 Å². The molecule has 0 amide bonds. The van der Waals surface area contributed by atoms with E-state index >= 15 is 0 Å². The summed E-state index contributed by atoms with van der Waals surface area (Å²) in [7, 11) is 0. The van der Waals surface area contributed by atoms with Gasteiger partial charge < -0.3 is 14.6 Å². The fraction of sp³-hybridized carbons (Fsp3) is 0.538. The lowest BCUT2D eigenvalue weighted by Gasteiger charge is -2.28. The molecule has 5 nitrogen and oxygen atoms in total. The van der Waals surface area contributed by atoms with Gasteiger partial charge in [-0.3, -0.25) is 0 Å². The number of nitrogens with zero attached hydrogens (tertiary/aromatic N) is 3. The Kier molecular flexibility index (Phi) is 3.25. The molecule has 0 aliphatic carbocycles. The first-order chi connectivity index (χ1) is 8.83. The summed E-state index contributed by atoms with van der Waals surface area (Å²) in [6, 6.07) is 3.79. The lowest BCUT2D eigenvalue weighted by molar-refractivity contribution is 0.222. The van der Waals surface area contributed by atoms with Crippen LogP contribution in [-0.4, -0.2) is 47.6 Å². The third kappa shape index (κ3) is 2.37. The van der Waals surface area contributed by atoms with Crippen molar-refractivity contribution in [2.24, 2.45) is 0 Å². The number of oxazole rings is 1. The predicted molar refractivity (Wildman–Crippen MR) is 69.5 cm³/mol. The SMILES string of the molecule is CC(CN1CCNCC1)c1nc2ncccc2o1. The molecule has 1 unspecified atom stereocenters. The van der Waals surface area contributed by atoms with Crippen LogP contribution in [0.5, 0.6) is 0 Å². The summed E-state index contributed by atoms with van der Waals surface area (Å²) in [5, 5.41) is 3.36. The summed E-state index contributed by atoms with van der Waals surface area (Å²) >= 11 is 0. The van der Waals surface area contributed by atoms with Crippen molar-refractivity contribution >= 4 is 11.2 Å². The van der Waals surface area contributed by atoms with Crippen molar-refractivity contribution in [3.8, 4) is 0 Å². The lowest BCUT2D eigenvalue weighted by atomic mass is 10.1. The van der Waals surface area contributed by atoms with Crippen LogP contribution in [0.15, 0.2) is 22.7 Å². The van der Waals surface area contributed by atoms with E-state index in [4.69, 9.17) is 4.42 Å². The van der Waals surface area contributed by atoms with Gasteiger partial charge in [0.15, 0.2) is 11.2 Å². The van der Waals surface area contributed by atoms with E-state index in [0.29, 0.717) is 11.6 Å². The fourth-order valence-electron chi connectivity index (χ4n) is 2.36. The largest absolute Gasteiger partial charge is 0.439 e. The summed E-state index contributed by atoms with van der Waals surface area (Å²) in [4.78, 5) is 11.1. The molecule has 1 atom stereocenters. The molecule has 3 heterocycles. The molecular formula is C13H18N4O. The third-order valence-corrected chi connectivity index (χ3v) is 3.34. The monoisotopic (exact) mass is 246 g/mol. The molecule has 5 heteroatoms. The van der Waals surface area contributed by atoms with Gasteiger partial charge in [0.1, 0.15) is 0 Å². The van der Waals surface area contributed by atoms with Crippen LogP contribution < -0.4 is 5.32 Å². The van der Waals surface area contributed by atoms with E-state index in [2.05, 4.69) is 27.1 Å². The maximum absolute atomic E-state index is 5.76. The van der Waals surface area contributed by atoms with Crippen molar-refractivity contribution in [2.75, 3.05) is 32.7 Å². The van der Waals surface area contributed by atoms with E-state index in [1.807, 2.05) is 12.1 Å². The fourth-order valence-corrected chi connectivity index (χ4v) is 2.36. The molecule has 18 heavy (non-hydrogen) atoms. The van der Waals surface area contributed by atoms with Crippen LogP contribution in [0.3, 0.4) is 0 Å². The average molecular weight is 246 g/mol. The van der Waals surface area contributed by atoms with Gasteiger partial charge >= 0.3 is 0 Å². The van der Waals surface area contributed by atoms with Crippen LogP contribution in [0, 0.1) is 0 Å². The Morgan fingerprint density at radius 1 is 1.44 bits per heavy atom. The minimum absolute atomic E-state index is 0.303. The number of piperazine rings is 1. The Bertz CT molecular complexity index is 485. The van der Waals surface area contributed by atoms with E-state index in [-0.39, 0.29) is 0 Å². The molecule has 0 spiro atoms. The first kappa shape index (κ1) is 11.6. The molecule has 3 rings (SSSR count). The molecule has 2 aromatic rings. The van der Waals surface area contributed by atoms with E-state index < -0.39 is 0 Å². The highest BCUT2D eigenvalue weighted by Gasteiger charge is 2.18. The number of hydrogen-bond acceptors (Lipinski definition) is 5. The number of hydrogen-bond donors (Lipinski definition) is 1. The first-order valence-electron chi connectivity index (χ1n) is 6.47. The van der Waals surface area contributed by atoms with Crippen molar-refractivity contribution in [3.63, 3.8) is 0 Å². The van der Waals surface area contributed by atoms with Gasteiger partial charge in [0.05, 0.1) is 0 Å². The highest BCUT2D eigenvalue weighted by Crippen LogP contribution is 2.20. The van der Waals surface area contributed by atoms with Crippen LogP contribution in [0.4, 0.5) is 0 Å². The second-order valence-electron chi connectivity index (χ2n) is 4.83. The molecule has 1 N–H and O–H groups in total. The van der Waals surface area contributed by atoms with Crippen molar-refractivity contribution < 1.29 is 4.42 Å². The number of rotatable bonds is 3. The van der Waals surface area contributed by atoms with Gasteiger partial charge in [0, 0.05) is 44.8 Å². The molecule has 96 valence electrons. The van der Waals surface area contributed by atoms with E-state index in [1.165, 1.54) is 0 Å². The van der Waals surface area contributed by atoms with E-state index in [0.717, 1.165) is 44.2 Å². The number of nitrogens with one attached hydrogen (secondary N) is 1. The first-order valence-corrected chi connectivity index (χ1v) is 6.47. The van der Waals surface area contributed by atoms with E-state index in [1.54, 1.807) is 6.20 Å². The zero-order chi connectivity index (χ0) is 12.4. The van der Waals surface area contributed by atoms with Crippen LogP contribution in [-0.2, 0) is 0 Å². The normalized spacial score (nSPS) is 19.2. The van der Waals surface area contributed by atoms with Gasteiger partial charge in [0.25, 0.3) is 0 Å². The van der Waals surface area contributed by atoms with Crippen molar-refractivity contribution in [1.29, 1.82) is 0 Å². The Morgan fingerprint density at radius 2 is 2.28 bits per heavy atom. The zero-order valence-corrected chi connectivity index (χ0v) is 10.6. The van der Waals surface area contributed by atoms with Crippen LogP contribution in [0.1, 0.15) is 18.7 Å². The third-order valence-electron chi connectivity index (χ3n) is 3.34. The number of aromatic nitrogens is 2. The smallest absolute Gasteiger partial charge is 0.201 e. The van der Waals surface area contributed by atoms with Gasteiger partial charge in [-0.1, -0.05) is 6.92 Å². The maximum atomic E-state index is 5.76. The molecule has 0 saturated carbocycles. The molecule has 1 saturated heterocycles. The second kappa shape index (κ2) is 5.04. The molecule has 0 bridgehead atoms. The molecule has 2 aromatic heterocycles. The minimum Gasteiger partial charge on any atom is -0.439 e. The van der Waals surface area contributed by atoms with Crippen molar-refractivity contribution in [2.45, 2.75) is 12.8 Å². The Labute approximate surface area is 106 Å².